The second kappa shape index (κ2) is 7.96. The van der Waals surface area contributed by atoms with Crippen molar-refractivity contribution in [1.82, 2.24) is 4.98 Å². The van der Waals surface area contributed by atoms with E-state index in [-0.39, 0.29) is 0 Å². The normalized spacial score (nSPS) is 15.7. The van der Waals surface area contributed by atoms with Crippen molar-refractivity contribution in [2.24, 2.45) is 5.92 Å². The van der Waals surface area contributed by atoms with Gasteiger partial charge in [-0.1, -0.05) is 48.5 Å². The van der Waals surface area contributed by atoms with Crippen LogP contribution in [0.5, 0.6) is 0 Å². The van der Waals surface area contributed by atoms with Crippen molar-refractivity contribution in [3.63, 3.8) is 0 Å². The highest BCUT2D eigenvalue weighted by Gasteiger charge is 2.17. The predicted octanol–water partition coefficient (Wildman–Crippen LogP) is 6.20. The number of benzene rings is 3. The van der Waals surface area contributed by atoms with E-state index in [1.54, 1.807) is 0 Å². The van der Waals surface area contributed by atoms with Crippen LogP contribution in [0.2, 0.25) is 0 Å². The largest absolute Gasteiger partial charge is 0.385 e. The summed E-state index contributed by atoms with van der Waals surface area (Å²) in [4.78, 5) is 4.51. The molecule has 1 unspecified atom stereocenters. The van der Waals surface area contributed by atoms with Gasteiger partial charge in [-0.2, -0.15) is 0 Å². The van der Waals surface area contributed by atoms with Gasteiger partial charge < -0.3 is 10.6 Å². The lowest BCUT2D eigenvalue weighted by Crippen LogP contribution is -2.21. The van der Waals surface area contributed by atoms with E-state index >= 15 is 0 Å². The van der Waals surface area contributed by atoms with Crippen LogP contribution in [0.15, 0.2) is 85.1 Å². The molecule has 0 bridgehead atoms. The third-order valence-corrected chi connectivity index (χ3v) is 5.87. The number of anilines is 3. The quantitative estimate of drug-likeness (QED) is 0.434. The summed E-state index contributed by atoms with van der Waals surface area (Å²) in [6, 6.07) is 27.7. The Bertz CT molecular complexity index is 1110. The molecule has 3 nitrogen and oxygen atoms in total. The molecule has 0 aliphatic heterocycles. The standard InChI is InChI=1S/C26H25N3/c1-2-7-22-17-19(9-10-20(22)5-1)18-28-23-11-13-24(14-12-23)29-26-25-8-4-3-6-21(25)15-16-27-26/h1-8,11-16,19,28H,9-10,17-18H2,(H,27,29). The minimum absolute atomic E-state index is 0.697. The van der Waals surface area contributed by atoms with E-state index < -0.39 is 0 Å². The molecule has 29 heavy (non-hydrogen) atoms. The summed E-state index contributed by atoms with van der Waals surface area (Å²) < 4.78 is 0. The van der Waals surface area contributed by atoms with Gasteiger partial charge in [0.2, 0.25) is 0 Å². The Hall–Kier alpha value is -3.33. The third kappa shape index (κ3) is 3.95. The molecule has 0 radical (unpaired) electrons. The average Bonchev–Trinajstić information content (AvgIpc) is 2.79. The molecule has 0 amide bonds. The van der Waals surface area contributed by atoms with Crippen LogP contribution in [0.1, 0.15) is 17.5 Å². The number of rotatable bonds is 5. The zero-order valence-corrected chi connectivity index (χ0v) is 16.4. The summed E-state index contributed by atoms with van der Waals surface area (Å²) >= 11 is 0. The van der Waals surface area contributed by atoms with Crippen molar-refractivity contribution in [2.75, 3.05) is 17.2 Å². The number of nitrogens with one attached hydrogen (secondary N) is 2. The molecule has 1 aromatic heterocycles. The average molecular weight is 380 g/mol. The summed E-state index contributed by atoms with van der Waals surface area (Å²) in [5, 5.41) is 9.40. The number of pyridine rings is 1. The van der Waals surface area contributed by atoms with Gasteiger partial charge in [-0.15, -0.1) is 0 Å². The SMILES string of the molecule is c1ccc2c(c1)CCC(CNc1ccc(Nc3nccc4ccccc34)cc1)C2. The first-order valence-electron chi connectivity index (χ1n) is 10.4. The van der Waals surface area contributed by atoms with E-state index in [9.17, 15) is 0 Å². The Morgan fingerprint density at radius 3 is 2.45 bits per heavy atom. The molecule has 3 aromatic carbocycles. The van der Waals surface area contributed by atoms with Crippen LogP contribution in [-0.2, 0) is 12.8 Å². The Morgan fingerprint density at radius 2 is 1.55 bits per heavy atom. The molecular formula is C26H25N3. The lowest BCUT2D eigenvalue weighted by atomic mass is 9.84. The lowest BCUT2D eigenvalue weighted by molar-refractivity contribution is 0.481. The fraction of sp³-hybridized carbons (Fsp3) is 0.192. The van der Waals surface area contributed by atoms with Crippen molar-refractivity contribution in [3.05, 3.63) is 96.2 Å². The summed E-state index contributed by atoms with van der Waals surface area (Å²) in [5.74, 6) is 1.59. The van der Waals surface area contributed by atoms with Gasteiger partial charge in [0.25, 0.3) is 0 Å². The molecule has 1 aliphatic carbocycles. The molecule has 1 heterocycles. The van der Waals surface area contributed by atoms with Crippen molar-refractivity contribution in [3.8, 4) is 0 Å². The van der Waals surface area contributed by atoms with Crippen molar-refractivity contribution < 1.29 is 0 Å². The van der Waals surface area contributed by atoms with Crippen LogP contribution in [0.4, 0.5) is 17.2 Å². The summed E-state index contributed by atoms with van der Waals surface area (Å²) in [7, 11) is 0. The zero-order valence-electron chi connectivity index (χ0n) is 16.4. The lowest BCUT2D eigenvalue weighted by Gasteiger charge is -2.25. The molecule has 1 atom stereocenters. The predicted molar refractivity (Wildman–Crippen MR) is 122 cm³/mol. The Morgan fingerprint density at radius 1 is 0.793 bits per heavy atom. The molecule has 4 aromatic rings. The Balaban J connectivity index is 1.22. The van der Waals surface area contributed by atoms with Gasteiger partial charge in [0.15, 0.2) is 0 Å². The van der Waals surface area contributed by atoms with Crippen molar-refractivity contribution >= 4 is 28.0 Å². The molecule has 5 rings (SSSR count). The van der Waals surface area contributed by atoms with Gasteiger partial charge in [-0.05, 0) is 72.0 Å². The van der Waals surface area contributed by atoms with E-state index in [1.165, 1.54) is 41.5 Å². The maximum Gasteiger partial charge on any atom is 0.138 e. The maximum atomic E-state index is 4.51. The number of hydrogen-bond acceptors (Lipinski definition) is 3. The van der Waals surface area contributed by atoms with Gasteiger partial charge in [-0.3, -0.25) is 0 Å². The molecule has 144 valence electrons. The molecule has 1 aliphatic rings. The van der Waals surface area contributed by atoms with E-state index in [2.05, 4.69) is 82.3 Å². The van der Waals surface area contributed by atoms with Crippen LogP contribution in [-0.4, -0.2) is 11.5 Å². The van der Waals surface area contributed by atoms with Gasteiger partial charge in [-0.25, -0.2) is 4.98 Å². The van der Waals surface area contributed by atoms with Crippen LogP contribution in [0, 0.1) is 5.92 Å². The molecule has 0 saturated carbocycles. The van der Waals surface area contributed by atoms with Gasteiger partial charge in [0.1, 0.15) is 5.82 Å². The molecule has 0 fully saturated rings. The van der Waals surface area contributed by atoms with Gasteiger partial charge >= 0.3 is 0 Å². The molecule has 3 heteroatoms. The summed E-state index contributed by atoms with van der Waals surface area (Å²) in [5.41, 5.74) is 5.26. The topological polar surface area (TPSA) is 37.0 Å². The first-order chi connectivity index (χ1) is 14.3. The van der Waals surface area contributed by atoms with E-state index in [0.29, 0.717) is 5.92 Å². The molecular weight excluding hydrogens is 354 g/mol. The van der Waals surface area contributed by atoms with Crippen LogP contribution in [0.25, 0.3) is 10.8 Å². The Kier molecular flexibility index (Phi) is 4.87. The second-order valence-electron chi connectivity index (χ2n) is 7.84. The highest BCUT2D eigenvalue weighted by Crippen LogP contribution is 2.27. The first-order valence-corrected chi connectivity index (χ1v) is 10.4. The van der Waals surface area contributed by atoms with Gasteiger partial charge in [0.05, 0.1) is 0 Å². The van der Waals surface area contributed by atoms with Crippen LogP contribution in [0.3, 0.4) is 0 Å². The summed E-state index contributed by atoms with van der Waals surface area (Å²) in [6.07, 6.45) is 5.48. The minimum Gasteiger partial charge on any atom is -0.385 e. The monoisotopic (exact) mass is 379 g/mol. The fourth-order valence-electron chi connectivity index (χ4n) is 4.24. The molecule has 0 spiro atoms. The molecule has 0 saturated heterocycles. The van der Waals surface area contributed by atoms with Crippen LogP contribution < -0.4 is 10.6 Å². The molecule has 2 N–H and O–H groups in total. The van der Waals surface area contributed by atoms with E-state index in [4.69, 9.17) is 0 Å². The third-order valence-electron chi connectivity index (χ3n) is 5.87. The number of nitrogens with zero attached hydrogens (tertiary/aromatic N) is 1. The number of hydrogen-bond donors (Lipinski definition) is 2. The van der Waals surface area contributed by atoms with Crippen molar-refractivity contribution in [1.29, 1.82) is 0 Å². The summed E-state index contributed by atoms with van der Waals surface area (Å²) in [6.45, 7) is 1.02. The first kappa shape index (κ1) is 17.7. The fourth-order valence-corrected chi connectivity index (χ4v) is 4.24. The minimum atomic E-state index is 0.697. The Labute approximate surface area is 171 Å². The van der Waals surface area contributed by atoms with Crippen LogP contribution >= 0.6 is 0 Å². The van der Waals surface area contributed by atoms with E-state index in [1.807, 2.05) is 18.3 Å². The number of aromatic nitrogens is 1. The smallest absolute Gasteiger partial charge is 0.138 e. The highest BCUT2D eigenvalue weighted by atomic mass is 15.0. The number of fused-ring (bicyclic) bond motifs is 2. The number of aryl methyl sites for hydroxylation is 1. The second-order valence-corrected chi connectivity index (χ2v) is 7.84. The zero-order chi connectivity index (χ0) is 19.5. The van der Waals surface area contributed by atoms with Gasteiger partial charge in [0, 0.05) is 29.5 Å². The van der Waals surface area contributed by atoms with E-state index in [0.717, 1.165) is 23.4 Å². The maximum absolute atomic E-state index is 4.51. The van der Waals surface area contributed by atoms with Crippen molar-refractivity contribution in [2.45, 2.75) is 19.3 Å². The highest BCUT2D eigenvalue weighted by molar-refractivity contribution is 5.93.